The third-order valence-corrected chi connectivity index (χ3v) is 3.42. The Labute approximate surface area is 128 Å². The van der Waals surface area contributed by atoms with Crippen LogP contribution in [-0.2, 0) is 13.5 Å². The number of rotatable bonds is 3. The van der Waals surface area contributed by atoms with Crippen LogP contribution in [0.25, 0.3) is 11.3 Å². The largest absolute Gasteiger partial charge is 0.275 e. The van der Waals surface area contributed by atoms with Gasteiger partial charge in [-0.2, -0.15) is 5.10 Å². The first-order chi connectivity index (χ1) is 10.1. The average molecular weight is 299 g/mol. The van der Waals surface area contributed by atoms with E-state index in [1.165, 1.54) is 11.1 Å². The summed E-state index contributed by atoms with van der Waals surface area (Å²) in [5.74, 6) is 0.713. The highest BCUT2D eigenvalue weighted by Gasteiger charge is 2.08. The number of hydrogen-bond donors (Lipinski definition) is 0. The van der Waals surface area contributed by atoms with Crippen LogP contribution in [-0.4, -0.2) is 19.7 Å². The van der Waals surface area contributed by atoms with E-state index < -0.39 is 0 Å². The van der Waals surface area contributed by atoms with Gasteiger partial charge in [-0.25, -0.2) is 9.97 Å². The molecule has 0 fully saturated rings. The summed E-state index contributed by atoms with van der Waals surface area (Å²) in [4.78, 5) is 8.90. The van der Waals surface area contributed by atoms with Crippen LogP contribution in [0.5, 0.6) is 0 Å². The fourth-order valence-corrected chi connectivity index (χ4v) is 2.33. The second kappa shape index (κ2) is 5.66. The van der Waals surface area contributed by atoms with Crippen LogP contribution in [0.1, 0.15) is 17.0 Å². The van der Waals surface area contributed by atoms with Crippen molar-refractivity contribution in [3.8, 4) is 11.3 Å². The Morgan fingerprint density at radius 1 is 1.14 bits per heavy atom. The smallest absolute Gasteiger partial charge is 0.135 e. The van der Waals surface area contributed by atoms with Crippen molar-refractivity contribution in [2.45, 2.75) is 13.3 Å². The lowest BCUT2D eigenvalue weighted by Gasteiger charge is -2.04. The molecule has 106 valence electrons. The quantitative estimate of drug-likeness (QED) is 0.696. The average Bonchev–Trinajstić information content (AvgIpc) is 2.88. The first-order valence-electron chi connectivity index (χ1n) is 6.68. The van der Waals surface area contributed by atoms with Gasteiger partial charge < -0.3 is 0 Å². The van der Waals surface area contributed by atoms with E-state index >= 15 is 0 Å². The molecule has 0 aliphatic heterocycles. The molecule has 0 atom stereocenters. The highest BCUT2D eigenvalue weighted by molar-refractivity contribution is 6.29. The van der Waals surface area contributed by atoms with Crippen molar-refractivity contribution >= 4 is 11.6 Å². The van der Waals surface area contributed by atoms with Crippen molar-refractivity contribution < 1.29 is 0 Å². The highest BCUT2D eigenvalue weighted by Crippen LogP contribution is 2.20. The summed E-state index contributed by atoms with van der Waals surface area (Å²) >= 11 is 6.12. The lowest BCUT2D eigenvalue weighted by Crippen LogP contribution is -1.98. The molecule has 0 unspecified atom stereocenters. The topological polar surface area (TPSA) is 43.6 Å². The van der Waals surface area contributed by atoms with Gasteiger partial charge in [0.15, 0.2) is 0 Å². The minimum absolute atomic E-state index is 0.450. The van der Waals surface area contributed by atoms with Gasteiger partial charge in [0.1, 0.15) is 11.0 Å². The Bertz CT molecular complexity index is 762. The van der Waals surface area contributed by atoms with Gasteiger partial charge in [-0.05, 0) is 12.5 Å². The summed E-state index contributed by atoms with van der Waals surface area (Å²) in [5.41, 5.74) is 4.14. The molecule has 0 bridgehead atoms. The van der Waals surface area contributed by atoms with E-state index in [1.807, 2.05) is 13.2 Å². The number of aromatic nitrogens is 4. The summed E-state index contributed by atoms with van der Waals surface area (Å²) in [6.07, 6.45) is 4.34. The Kier molecular flexibility index (Phi) is 3.71. The summed E-state index contributed by atoms with van der Waals surface area (Å²) in [6.45, 7) is 2.07. The van der Waals surface area contributed by atoms with Crippen molar-refractivity contribution in [3.63, 3.8) is 0 Å². The normalized spacial score (nSPS) is 10.8. The van der Waals surface area contributed by atoms with E-state index in [2.05, 4.69) is 46.3 Å². The summed E-state index contributed by atoms with van der Waals surface area (Å²) < 4.78 is 1.74. The lowest BCUT2D eigenvalue weighted by atomic mass is 10.1. The molecule has 0 aliphatic carbocycles. The Morgan fingerprint density at radius 3 is 2.57 bits per heavy atom. The zero-order valence-electron chi connectivity index (χ0n) is 11.9. The molecular formula is C16H15ClN4. The van der Waals surface area contributed by atoms with Gasteiger partial charge >= 0.3 is 0 Å². The third kappa shape index (κ3) is 3.28. The van der Waals surface area contributed by atoms with Crippen molar-refractivity contribution in [3.05, 3.63) is 64.8 Å². The van der Waals surface area contributed by atoms with Crippen molar-refractivity contribution in [2.24, 2.45) is 7.05 Å². The standard InChI is InChI=1S/C16H15ClN4/c1-11-3-5-12(6-4-11)7-16-19-14(8-15(17)20-16)13-9-18-21(2)10-13/h3-6,8-10H,7H2,1-2H3. The maximum Gasteiger partial charge on any atom is 0.135 e. The monoisotopic (exact) mass is 298 g/mol. The number of halogens is 1. The molecule has 2 aromatic heterocycles. The van der Waals surface area contributed by atoms with E-state index in [0.29, 0.717) is 17.4 Å². The van der Waals surface area contributed by atoms with Gasteiger partial charge in [0.05, 0.1) is 11.9 Å². The Morgan fingerprint density at radius 2 is 1.90 bits per heavy atom. The van der Waals surface area contributed by atoms with E-state index in [4.69, 9.17) is 11.6 Å². The molecule has 1 aromatic carbocycles. The molecule has 0 saturated heterocycles. The van der Waals surface area contributed by atoms with E-state index in [1.54, 1.807) is 16.9 Å². The summed E-state index contributed by atoms with van der Waals surface area (Å²) in [5, 5.41) is 4.61. The van der Waals surface area contributed by atoms with E-state index in [0.717, 1.165) is 11.3 Å². The van der Waals surface area contributed by atoms with Gasteiger partial charge in [-0.15, -0.1) is 0 Å². The van der Waals surface area contributed by atoms with Gasteiger partial charge in [-0.3, -0.25) is 4.68 Å². The molecule has 0 amide bonds. The maximum absolute atomic E-state index is 6.12. The van der Waals surface area contributed by atoms with Crippen LogP contribution in [0.4, 0.5) is 0 Å². The SMILES string of the molecule is Cc1ccc(Cc2nc(Cl)cc(-c3cnn(C)c3)n2)cc1. The van der Waals surface area contributed by atoms with Crippen molar-refractivity contribution in [1.82, 2.24) is 19.7 Å². The molecule has 4 nitrogen and oxygen atoms in total. The third-order valence-electron chi connectivity index (χ3n) is 3.22. The lowest BCUT2D eigenvalue weighted by molar-refractivity contribution is 0.768. The molecule has 0 spiro atoms. The molecular weight excluding hydrogens is 284 g/mol. The molecule has 0 aliphatic rings. The Hall–Kier alpha value is -2.20. The number of nitrogens with zero attached hydrogens (tertiary/aromatic N) is 4. The highest BCUT2D eigenvalue weighted by atomic mass is 35.5. The second-order valence-electron chi connectivity index (χ2n) is 5.06. The van der Waals surface area contributed by atoms with Crippen LogP contribution < -0.4 is 0 Å². The molecule has 0 N–H and O–H groups in total. The van der Waals surface area contributed by atoms with E-state index in [-0.39, 0.29) is 0 Å². The summed E-state index contributed by atoms with van der Waals surface area (Å²) in [7, 11) is 1.87. The molecule has 3 rings (SSSR count). The fraction of sp³-hybridized carbons (Fsp3) is 0.188. The zero-order valence-corrected chi connectivity index (χ0v) is 12.7. The number of benzene rings is 1. The molecule has 0 saturated carbocycles. The molecule has 5 heteroatoms. The molecule has 3 aromatic rings. The van der Waals surface area contributed by atoms with Crippen LogP contribution in [0.15, 0.2) is 42.7 Å². The minimum Gasteiger partial charge on any atom is -0.275 e. The predicted octanol–water partition coefficient (Wildman–Crippen LogP) is 3.43. The van der Waals surface area contributed by atoms with Gasteiger partial charge in [-0.1, -0.05) is 41.4 Å². The Balaban J connectivity index is 1.92. The maximum atomic E-state index is 6.12. The van der Waals surface area contributed by atoms with Crippen LogP contribution in [0.2, 0.25) is 5.15 Å². The van der Waals surface area contributed by atoms with Gasteiger partial charge in [0, 0.05) is 31.3 Å². The molecule has 0 radical (unpaired) electrons. The van der Waals surface area contributed by atoms with Crippen LogP contribution >= 0.6 is 11.6 Å². The summed E-state index contributed by atoms with van der Waals surface area (Å²) in [6, 6.07) is 10.1. The first-order valence-corrected chi connectivity index (χ1v) is 7.06. The van der Waals surface area contributed by atoms with Gasteiger partial charge in [0.25, 0.3) is 0 Å². The molecule has 21 heavy (non-hydrogen) atoms. The van der Waals surface area contributed by atoms with Crippen LogP contribution in [0, 0.1) is 6.92 Å². The number of aryl methyl sites for hydroxylation is 2. The zero-order chi connectivity index (χ0) is 14.8. The fourth-order valence-electron chi connectivity index (χ4n) is 2.13. The number of hydrogen-bond acceptors (Lipinski definition) is 3. The second-order valence-corrected chi connectivity index (χ2v) is 5.44. The minimum atomic E-state index is 0.450. The van der Waals surface area contributed by atoms with Gasteiger partial charge in [0.2, 0.25) is 0 Å². The van der Waals surface area contributed by atoms with Crippen molar-refractivity contribution in [1.29, 1.82) is 0 Å². The molecule has 2 heterocycles. The van der Waals surface area contributed by atoms with Crippen LogP contribution in [0.3, 0.4) is 0 Å². The van der Waals surface area contributed by atoms with E-state index in [9.17, 15) is 0 Å². The first kappa shape index (κ1) is 13.8. The predicted molar refractivity (Wildman–Crippen MR) is 83.2 cm³/mol. The van der Waals surface area contributed by atoms with Crippen molar-refractivity contribution in [2.75, 3.05) is 0 Å².